The van der Waals surface area contributed by atoms with Crippen LogP contribution < -0.4 is 0 Å². The monoisotopic (exact) mass is 132 g/mol. The molecule has 0 fully saturated rings. The minimum atomic E-state index is -1.28. The fraction of sp³-hybridized carbons (Fsp3) is 0.333. The summed E-state index contributed by atoms with van der Waals surface area (Å²) in [5.41, 5.74) is 0. The van der Waals surface area contributed by atoms with Crippen LogP contribution in [0.2, 0.25) is 0 Å². The first kappa shape index (κ1) is 6.26. The van der Waals surface area contributed by atoms with E-state index in [9.17, 15) is 8.78 Å². The molecule has 0 aromatic heterocycles. The summed E-state index contributed by atoms with van der Waals surface area (Å²) in [6.07, 6.45) is 0.547. The lowest BCUT2D eigenvalue weighted by Crippen LogP contribution is -2.01. The zero-order valence-electron chi connectivity index (χ0n) is 4.64. The molecule has 1 unspecified atom stereocenters. The number of aliphatic hydroxyl groups excluding tert-OH is 1. The highest BCUT2D eigenvalue weighted by atomic mass is 19.1. The van der Waals surface area contributed by atoms with Crippen molar-refractivity contribution in [3.63, 3.8) is 0 Å². The van der Waals surface area contributed by atoms with Gasteiger partial charge < -0.3 is 5.11 Å². The molecule has 0 saturated heterocycles. The number of alkyl halides is 1. The topological polar surface area (TPSA) is 20.2 Å². The van der Waals surface area contributed by atoms with Gasteiger partial charge in [-0.15, -0.1) is 0 Å². The molecule has 0 bridgehead atoms. The summed E-state index contributed by atoms with van der Waals surface area (Å²) in [6, 6.07) is 0. The number of rotatable bonds is 0. The molecule has 0 aliphatic heterocycles. The maximum Gasteiger partial charge on any atom is 0.146 e. The van der Waals surface area contributed by atoms with E-state index in [1.54, 1.807) is 0 Å². The number of halogens is 2. The van der Waals surface area contributed by atoms with E-state index < -0.39 is 17.8 Å². The average molecular weight is 132 g/mol. The van der Waals surface area contributed by atoms with Crippen LogP contribution >= 0.6 is 0 Å². The minimum Gasteiger partial charge on any atom is -0.505 e. The molecule has 0 spiro atoms. The summed E-state index contributed by atoms with van der Waals surface area (Å²) in [5, 5.41) is 8.55. The lowest BCUT2D eigenvalue weighted by atomic mass is 10.1. The molecule has 1 aliphatic rings. The molecule has 1 aliphatic carbocycles. The Balaban J connectivity index is 2.75. The lowest BCUT2D eigenvalue weighted by Gasteiger charge is -2.06. The predicted molar refractivity (Wildman–Crippen MR) is 29.4 cm³/mol. The molecule has 1 atom stereocenters. The summed E-state index contributed by atoms with van der Waals surface area (Å²) in [5.74, 6) is -1.23. The Kier molecular flexibility index (Phi) is 1.51. The number of allylic oxidation sites excluding steroid dienone is 3. The first-order chi connectivity index (χ1) is 4.20. The lowest BCUT2D eigenvalue weighted by molar-refractivity contribution is 0.329. The third kappa shape index (κ3) is 1.28. The Labute approximate surface area is 51.3 Å². The van der Waals surface area contributed by atoms with Gasteiger partial charge in [0.2, 0.25) is 0 Å². The second kappa shape index (κ2) is 2.17. The van der Waals surface area contributed by atoms with Gasteiger partial charge in [-0.3, -0.25) is 0 Å². The van der Waals surface area contributed by atoms with Crippen molar-refractivity contribution in [1.29, 1.82) is 0 Å². The molecule has 50 valence electrons. The molecule has 0 aromatic carbocycles. The van der Waals surface area contributed by atoms with E-state index in [4.69, 9.17) is 5.11 Å². The second-order valence-corrected chi connectivity index (χ2v) is 1.87. The van der Waals surface area contributed by atoms with E-state index in [0.29, 0.717) is 0 Å². The molecule has 0 radical (unpaired) electrons. The largest absolute Gasteiger partial charge is 0.505 e. The van der Waals surface area contributed by atoms with Crippen LogP contribution in [0.3, 0.4) is 0 Å². The highest BCUT2D eigenvalue weighted by molar-refractivity contribution is 5.21. The first-order valence-corrected chi connectivity index (χ1v) is 2.60. The van der Waals surface area contributed by atoms with Crippen molar-refractivity contribution in [1.82, 2.24) is 0 Å². The molecule has 0 aromatic rings. The molecule has 1 N–H and O–H groups in total. The molecular formula is C6H6F2O. The second-order valence-electron chi connectivity index (χ2n) is 1.87. The van der Waals surface area contributed by atoms with Crippen LogP contribution in [0.25, 0.3) is 0 Å². The zero-order valence-corrected chi connectivity index (χ0v) is 4.64. The van der Waals surface area contributed by atoms with Crippen LogP contribution in [-0.4, -0.2) is 11.3 Å². The van der Waals surface area contributed by atoms with Crippen LogP contribution in [0, 0.1) is 0 Å². The summed E-state index contributed by atoms with van der Waals surface area (Å²) >= 11 is 0. The van der Waals surface area contributed by atoms with E-state index in [1.165, 1.54) is 0 Å². The maximum absolute atomic E-state index is 12.2. The molecule has 1 nitrogen and oxygen atoms in total. The van der Waals surface area contributed by atoms with Gasteiger partial charge in [0.15, 0.2) is 0 Å². The van der Waals surface area contributed by atoms with Crippen molar-refractivity contribution in [3.05, 3.63) is 23.7 Å². The van der Waals surface area contributed by atoms with Crippen molar-refractivity contribution in [2.24, 2.45) is 0 Å². The van der Waals surface area contributed by atoms with Crippen LogP contribution in [0.15, 0.2) is 23.7 Å². The van der Waals surface area contributed by atoms with Gasteiger partial charge in [0.25, 0.3) is 0 Å². The Morgan fingerprint density at radius 2 is 2.33 bits per heavy atom. The molecule has 0 saturated carbocycles. The van der Waals surface area contributed by atoms with Gasteiger partial charge >= 0.3 is 0 Å². The first-order valence-electron chi connectivity index (χ1n) is 2.60. The van der Waals surface area contributed by atoms with Crippen LogP contribution in [-0.2, 0) is 0 Å². The molecule has 1 rings (SSSR count). The Bertz CT molecular complexity index is 172. The third-order valence-corrected chi connectivity index (χ3v) is 1.12. The van der Waals surface area contributed by atoms with Gasteiger partial charge in [0.05, 0.1) is 0 Å². The summed E-state index contributed by atoms with van der Waals surface area (Å²) in [4.78, 5) is 0. The molecular weight excluding hydrogens is 126 g/mol. The van der Waals surface area contributed by atoms with Crippen molar-refractivity contribution in [3.8, 4) is 0 Å². The quantitative estimate of drug-likeness (QED) is 0.534. The van der Waals surface area contributed by atoms with Crippen molar-refractivity contribution in [2.75, 3.05) is 0 Å². The van der Waals surface area contributed by atoms with E-state index in [0.717, 1.165) is 12.2 Å². The molecule has 0 amide bonds. The Morgan fingerprint density at radius 1 is 1.67 bits per heavy atom. The fourth-order valence-electron chi connectivity index (χ4n) is 0.630. The van der Waals surface area contributed by atoms with Crippen LogP contribution in [0.5, 0.6) is 0 Å². The van der Waals surface area contributed by atoms with Gasteiger partial charge in [-0.2, -0.15) is 0 Å². The van der Waals surface area contributed by atoms with Crippen molar-refractivity contribution in [2.45, 2.75) is 12.6 Å². The average Bonchev–Trinajstić information content (AvgIpc) is 1.80. The number of hydrogen-bond acceptors (Lipinski definition) is 1. The Morgan fingerprint density at radius 3 is 2.78 bits per heavy atom. The molecule has 9 heavy (non-hydrogen) atoms. The van der Waals surface area contributed by atoms with Gasteiger partial charge in [0, 0.05) is 6.42 Å². The smallest absolute Gasteiger partial charge is 0.146 e. The minimum absolute atomic E-state index is 0.331. The summed E-state index contributed by atoms with van der Waals surface area (Å²) in [7, 11) is 0. The highest BCUT2D eigenvalue weighted by Gasteiger charge is 2.13. The summed E-state index contributed by atoms with van der Waals surface area (Å²) < 4.78 is 24.3. The fourth-order valence-corrected chi connectivity index (χ4v) is 0.630. The Hall–Kier alpha value is -0.860. The van der Waals surface area contributed by atoms with E-state index >= 15 is 0 Å². The van der Waals surface area contributed by atoms with Gasteiger partial charge in [-0.05, 0) is 12.2 Å². The number of hydrogen-bond donors (Lipinski definition) is 1. The number of aliphatic hydroxyl groups is 1. The molecule has 0 heterocycles. The van der Waals surface area contributed by atoms with Crippen LogP contribution in [0.4, 0.5) is 8.78 Å². The summed E-state index contributed by atoms with van der Waals surface area (Å²) in [6.45, 7) is 0. The highest BCUT2D eigenvalue weighted by Crippen LogP contribution is 2.19. The van der Waals surface area contributed by atoms with Crippen molar-refractivity contribution >= 4 is 0 Å². The molecule has 3 heteroatoms. The van der Waals surface area contributed by atoms with E-state index in [-0.39, 0.29) is 6.42 Å². The SMILES string of the molecule is OC1=C(F)CC(F)C=C1. The van der Waals surface area contributed by atoms with Crippen molar-refractivity contribution < 1.29 is 13.9 Å². The third-order valence-electron chi connectivity index (χ3n) is 1.12. The van der Waals surface area contributed by atoms with Gasteiger partial charge in [0.1, 0.15) is 17.8 Å². The zero-order chi connectivity index (χ0) is 6.85. The van der Waals surface area contributed by atoms with E-state index in [2.05, 4.69) is 0 Å². The predicted octanol–water partition coefficient (Wildman–Crippen LogP) is 2.02. The van der Waals surface area contributed by atoms with E-state index in [1.807, 2.05) is 0 Å². The van der Waals surface area contributed by atoms with Gasteiger partial charge in [-0.25, -0.2) is 8.78 Å². The van der Waals surface area contributed by atoms with Crippen LogP contribution in [0.1, 0.15) is 6.42 Å². The normalized spacial score (nSPS) is 27.1. The van der Waals surface area contributed by atoms with Gasteiger partial charge in [-0.1, -0.05) is 0 Å². The maximum atomic E-state index is 12.2. The standard InChI is InChI=1S/C6H6F2O/c7-4-1-2-6(9)5(8)3-4/h1-2,4,9H,3H2.